The SMILES string of the molecule is ICCSCCI. The zero-order valence-corrected chi connectivity index (χ0v) is 9.12. The van der Waals surface area contributed by atoms with Crippen molar-refractivity contribution in [1.29, 1.82) is 0 Å². The number of hydrogen-bond acceptors (Lipinski definition) is 1. The summed E-state index contributed by atoms with van der Waals surface area (Å²) < 4.78 is 2.58. The molecule has 0 amide bonds. The molecule has 3 heteroatoms. The van der Waals surface area contributed by atoms with Gasteiger partial charge in [0.05, 0.1) is 0 Å². The second-order valence-electron chi connectivity index (χ2n) is 0.990. The zero-order valence-electron chi connectivity index (χ0n) is 3.99. The van der Waals surface area contributed by atoms with E-state index in [0.29, 0.717) is 0 Å². The number of alkyl halides is 2. The maximum absolute atomic E-state index is 2.40. The molecule has 0 aromatic heterocycles. The highest BCUT2D eigenvalue weighted by Crippen LogP contribution is 2.02. The van der Waals surface area contributed by atoms with Crippen molar-refractivity contribution in [3.05, 3.63) is 0 Å². The summed E-state index contributed by atoms with van der Waals surface area (Å²) in [5.74, 6) is 2.65. The van der Waals surface area contributed by atoms with Crippen molar-refractivity contribution in [3.8, 4) is 0 Å². The summed E-state index contributed by atoms with van der Waals surface area (Å²) in [6.07, 6.45) is 0. The Labute approximate surface area is 76.5 Å². The molecule has 0 rings (SSSR count). The molecule has 0 spiro atoms. The van der Waals surface area contributed by atoms with Gasteiger partial charge in [0.15, 0.2) is 0 Å². The average Bonchev–Trinajstić information content (AvgIpc) is 1.69. The first-order valence-electron chi connectivity index (χ1n) is 2.11. The van der Waals surface area contributed by atoms with Gasteiger partial charge in [-0.3, -0.25) is 0 Å². The van der Waals surface area contributed by atoms with Crippen molar-refractivity contribution in [1.82, 2.24) is 0 Å². The topological polar surface area (TPSA) is 0 Å². The molecule has 0 aromatic rings. The lowest BCUT2D eigenvalue weighted by atomic mass is 11.0. The highest BCUT2D eigenvalue weighted by Gasteiger charge is 1.81. The zero-order chi connectivity index (χ0) is 5.54. The first kappa shape index (κ1) is 8.81. The van der Waals surface area contributed by atoms with Crippen LogP contribution >= 0.6 is 56.9 Å². The Morgan fingerprint density at radius 3 is 1.71 bits per heavy atom. The van der Waals surface area contributed by atoms with Gasteiger partial charge in [0.1, 0.15) is 0 Å². The van der Waals surface area contributed by atoms with Crippen LogP contribution in [0.1, 0.15) is 0 Å². The van der Waals surface area contributed by atoms with Crippen molar-refractivity contribution < 1.29 is 0 Å². The van der Waals surface area contributed by atoms with E-state index in [1.54, 1.807) is 0 Å². The van der Waals surface area contributed by atoms with Crippen molar-refractivity contribution in [3.63, 3.8) is 0 Å². The molecule has 7 heavy (non-hydrogen) atoms. The van der Waals surface area contributed by atoms with Crippen molar-refractivity contribution in [2.24, 2.45) is 0 Å². The largest absolute Gasteiger partial charge is 0.160 e. The first-order chi connectivity index (χ1) is 3.41. The molecule has 0 heterocycles. The summed E-state index contributed by atoms with van der Waals surface area (Å²) in [5, 5.41) is 0. The molecule has 0 atom stereocenters. The molecule has 0 aliphatic carbocycles. The van der Waals surface area contributed by atoms with Crippen LogP contribution in [0, 0.1) is 0 Å². The van der Waals surface area contributed by atoms with Crippen LogP contribution in [0.2, 0.25) is 0 Å². The Bertz CT molecular complexity index is 28.9. The van der Waals surface area contributed by atoms with Crippen LogP contribution in [0.5, 0.6) is 0 Å². The lowest BCUT2D eigenvalue weighted by molar-refractivity contribution is 1.54. The van der Waals surface area contributed by atoms with Crippen molar-refractivity contribution >= 4 is 56.9 Å². The van der Waals surface area contributed by atoms with Gasteiger partial charge in [-0.05, 0) is 0 Å². The fraction of sp³-hybridized carbons (Fsp3) is 1.00. The summed E-state index contributed by atoms with van der Waals surface area (Å²) in [6, 6.07) is 0. The molecule has 0 bridgehead atoms. The van der Waals surface area contributed by atoms with E-state index in [2.05, 4.69) is 45.2 Å². The number of halogens is 2. The predicted molar refractivity (Wildman–Crippen MR) is 55.1 cm³/mol. The van der Waals surface area contributed by atoms with Crippen LogP contribution < -0.4 is 0 Å². The van der Waals surface area contributed by atoms with Gasteiger partial charge < -0.3 is 0 Å². The van der Waals surface area contributed by atoms with E-state index in [-0.39, 0.29) is 0 Å². The third kappa shape index (κ3) is 7.81. The van der Waals surface area contributed by atoms with Gasteiger partial charge in [0.25, 0.3) is 0 Å². The minimum absolute atomic E-state index is 1.29. The molecule has 0 unspecified atom stereocenters. The highest BCUT2D eigenvalue weighted by atomic mass is 127. The molecule has 0 aliphatic rings. The van der Waals surface area contributed by atoms with Gasteiger partial charge >= 0.3 is 0 Å². The van der Waals surface area contributed by atoms with E-state index >= 15 is 0 Å². The highest BCUT2D eigenvalue weighted by molar-refractivity contribution is 14.1. The molecule has 0 N–H and O–H groups in total. The summed E-state index contributed by atoms with van der Waals surface area (Å²) in [4.78, 5) is 0. The third-order valence-corrected chi connectivity index (χ3v) is 3.97. The van der Waals surface area contributed by atoms with E-state index in [1.807, 2.05) is 11.8 Å². The summed E-state index contributed by atoms with van der Waals surface area (Å²) >= 11 is 6.85. The molecule has 0 saturated heterocycles. The number of hydrogen-bond donors (Lipinski definition) is 0. The number of rotatable bonds is 4. The predicted octanol–water partition coefficient (Wildman–Crippen LogP) is 2.59. The second-order valence-corrected chi connectivity index (χ2v) is 4.37. The molecule has 0 aliphatic heterocycles. The lowest BCUT2D eigenvalue weighted by Gasteiger charge is -1.89. The van der Waals surface area contributed by atoms with Crippen molar-refractivity contribution in [2.75, 3.05) is 20.4 Å². The monoisotopic (exact) mass is 342 g/mol. The molecular formula is C4H8I2S. The standard InChI is InChI=1S/C4H8I2S/c5-1-3-7-4-2-6/h1-4H2. The molecular weight excluding hydrogens is 334 g/mol. The van der Waals surface area contributed by atoms with E-state index in [1.165, 1.54) is 20.4 Å². The second kappa shape index (κ2) is 7.81. The average molecular weight is 342 g/mol. The van der Waals surface area contributed by atoms with Crippen LogP contribution in [-0.2, 0) is 0 Å². The third-order valence-electron chi connectivity index (χ3n) is 0.443. The summed E-state index contributed by atoms with van der Waals surface area (Å²) in [5.41, 5.74) is 0. The number of thioether (sulfide) groups is 1. The smallest absolute Gasteiger partial charge is 0.00863 e. The van der Waals surface area contributed by atoms with Crippen molar-refractivity contribution in [2.45, 2.75) is 0 Å². The van der Waals surface area contributed by atoms with E-state index in [9.17, 15) is 0 Å². The Morgan fingerprint density at radius 1 is 1.00 bits per heavy atom. The minimum Gasteiger partial charge on any atom is -0.160 e. The van der Waals surface area contributed by atoms with Gasteiger partial charge in [0.2, 0.25) is 0 Å². The fourth-order valence-electron chi connectivity index (χ4n) is 0.211. The Balaban J connectivity index is 2.45. The molecule has 0 fully saturated rings. The van der Waals surface area contributed by atoms with E-state index in [4.69, 9.17) is 0 Å². The summed E-state index contributed by atoms with van der Waals surface area (Å²) in [6.45, 7) is 0. The molecule has 0 saturated carbocycles. The Hall–Kier alpha value is 1.81. The molecule has 0 nitrogen and oxygen atoms in total. The lowest BCUT2D eigenvalue weighted by Crippen LogP contribution is -1.82. The first-order valence-corrected chi connectivity index (χ1v) is 6.32. The summed E-state index contributed by atoms with van der Waals surface area (Å²) in [7, 11) is 0. The molecule has 44 valence electrons. The van der Waals surface area contributed by atoms with Gasteiger partial charge in [-0.25, -0.2) is 0 Å². The quantitative estimate of drug-likeness (QED) is 0.430. The molecule has 0 radical (unpaired) electrons. The Morgan fingerprint density at radius 2 is 1.43 bits per heavy atom. The van der Waals surface area contributed by atoms with Crippen LogP contribution in [-0.4, -0.2) is 20.4 Å². The van der Waals surface area contributed by atoms with Crippen LogP contribution in [0.25, 0.3) is 0 Å². The van der Waals surface area contributed by atoms with E-state index in [0.717, 1.165) is 0 Å². The molecule has 0 aromatic carbocycles. The van der Waals surface area contributed by atoms with Gasteiger partial charge in [0, 0.05) is 20.4 Å². The normalized spacial score (nSPS) is 9.43. The maximum atomic E-state index is 2.40. The van der Waals surface area contributed by atoms with Gasteiger partial charge in [-0.15, -0.1) is 0 Å². The van der Waals surface area contributed by atoms with Crippen LogP contribution in [0.3, 0.4) is 0 Å². The van der Waals surface area contributed by atoms with Crippen LogP contribution in [0.15, 0.2) is 0 Å². The van der Waals surface area contributed by atoms with Crippen LogP contribution in [0.4, 0.5) is 0 Å². The van der Waals surface area contributed by atoms with Gasteiger partial charge in [-0.2, -0.15) is 11.8 Å². The fourth-order valence-corrected chi connectivity index (χ4v) is 2.50. The van der Waals surface area contributed by atoms with E-state index < -0.39 is 0 Å². The minimum atomic E-state index is 1.29. The maximum Gasteiger partial charge on any atom is 0.00863 e. The Kier molecular flexibility index (Phi) is 9.83. The van der Waals surface area contributed by atoms with Gasteiger partial charge in [-0.1, -0.05) is 45.2 Å².